The van der Waals surface area contributed by atoms with Crippen molar-refractivity contribution in [1.82, 2.24) is 0 Å². The number of carbonyl (C=O) groups is 1. The molecule has 1 aliphatic rings. The molecule has 1 aliphatic heterocycles. The van der Waals surface area contributed by atoms with Crippen molar-refractivity contribution in [2.75, 3.05) is 11.4 Å². The Hall–Kier alpha value is -1.96. The van der Waals surface area contributed by atoms with Crippen LogP contribution in [-0.2, 0) is 6.42 Å². The Morgan fingerprint density at radius 3 is 2.57 bits per heavy atom. The third-order valence-electron chi connectivity index (χ3n) is 3.51. The minimum absolute atomic E-state index is 0.0102. The number of non-ortho nitro benzene ring substituents is 1. The van der Waals surface area contributed by atoms with Gasteiger partial charge in [-0.15, -0.1) is 0 Å². The Labute approximate surface area is 134 Å². The Bertz CT molecular complexity index is 728. The van der Waals surface area contributed by atoms with Crippen LogP contribution in [0.2, 0.25) is 0 Å². The lowest BCUT2D eigenvalue weighted by Gasteiger charge is -2.17. The largest absolute Gasteiger partial charge is 0.308 e. The van der Waals surface area contributed by atoms with Crippen LogP contribution in [0, 0.1) is 13.7 Å². The van der Waals surface area contributed by atoms with E-state index >= 15 is 0 Å². The van der Waals surface area contributed by atoms with E-state index in [1.165, 1.54) is 12.1 Å². The minimum Gasteiger partial charge on any atom is -0.308 e. The van der Waals surface area contributed by atoms with E-state index in [1.54, 1.807) is 23.1 Å². The number of fused-ring (bicyclic) bond motifs is 1. The van der Waals surface area contributed by atoms with Gasteiger partial charge in [0.2, 0.25) is 0 Å². The van der Waals surface area contributed by atoms with Gasteiger partial charge in [-0.3, -0.25) is 14.9 Å². The SMILES string of the molecule is O=C(c1ccc(I)cc1)N1CCc2ccc([N+](=O)[O-])cc21. The molecule has 2 aromatic carbocycles. The molecule has 1 amide bonds. The zero-order chi connectivity index (χ0) is 15.0. The molecule has 21 heavy (non-hydrogen) atoms. The number of hydrogen-bond acceptors (Lipinski definition) is 3. The van der Waals surface area contributed by atoms with E-state index < -0.39 is 4.92 Å². The molecule has 0 aromatic heterocycles. The topological polar surface area (TPSA) is 63.5 Å². The Balaban J connectivity index is 1.96. The van der Waals surface area contributed by atoms with Crippen LogP contribution in [0.25, 0.3) is 0 Å². The first-order valence-corrected chi connectivity index (χ1v) is 7.49. The molecule has 2 aromatic rings. The molecule has 106 valence electrons. The minimum atomic E-state index is -0.438. The first kappa shape index (κ1) is 14.0. The maximum Gasteiger partial charge on any atom is 0.271 e. The van der Waals surface area contributed by atoms with Crippen LogP contribution >= 0.6 is 22.6 Å². The molecule has 5 nitrogen and oxygen atoms in total. The summed E-state index contributed by atoms with van der Waals surface area (Å²) < 4.78 is 1.06. The maximum atomic E-state index is 12.6. The highest BCUT2D eigenvalue weighted by Gasteiger charge is 2.27. The molecule has 0 atom stereocenters. The molecule has 0 bridgehead atoms. The lowest BCUT2D eigenvalue weighted by atomic mass is 10.1. The van der Waals surface area contributed by atoms with E-state index in [1.807, 2.05) is 12.1 Å². The molecule has 6 heteroatoms. The van der Waals surface area contributed by atoms with Gasteiger partial charge in [0.15, 0.2) is 0 Å². The van der Waals surface area contributed by atoms with Gasteiger partial charge in [0.25, 0.3) is 11.6 Å². The molecule has 0 saturated carbocycles. The summed E-state index contributed by atoms with van der Waals surface area (Å²) in [5.74, 6) is -0.120. The molecule has 1 heterocycles. The van der Waals surface area contributed by atoms with Crippen molar-refractivity contribution < 1.29 is 9.72 Å². The molecule has 0 spiro atoms. The van der Waals surface area contributed by atoms with Gasteiger partial charge in [0, 0.05) is 27.8 Å². The summed E-state index contributed by atoms with van der Waals surface area (Å²) in [5.41, 5.74) is 2.22. The van der Waals surface area contributed by atoms with Crippen LogP contribution < -0.4 is 4.90 Å². The van der Waals surface area contributed by atoms with Crippen molar-refractivity contribution in [1.29, 1.82) is 0 Å². The number of nitro groups is 1. The number of amides is 1. The molecule has 0 aliphatic carbocycles. The Morgan fingerprint density at radius 2 is 1.90 bits per heavy atom. The summed E-state index contributed by atoms with van der Waals surface area (Å²) in [4.78, 5) is 24.6. The average Bonchev–Trinajstić information content (AvgIpc) is 2.90. The zero-order valence-corrected chi connectivity index (χ0v) is 13.1. The van der Waals surface area contributed by atoms with E-state index in [0.717, 1.165) is 15.6 Å². The lowest BCUT2D eigenvalue weighted by molar-refractivity contribution is -0.384. The summed E-state index contributed by atoms with van der Waals surface area (Å²) in [5, 5.41) is 10.9. The molecule has 0 radical (unpaired) electrons. The highest BCUT2D eigenvalue weighted by atomic mass is 127. The summed E-state index contributed by atoms with van der Waals surface area (Å²) in [6.45, 7) is 0.557. The van der Waals surface area contributed by atoms with Gasteiger partial charge < -0.3 is 4.90 Å². The summed E-state index contributed by atoms with van der Waals surface area (Å²) >= 11 is 2.18. The first-order chi connectivity index (χ1) is 10.1. The second-order valence-electron chi connectivity index (χ2n) is 4.78. The number of hydrogen-bond donors (Lipinski definition) is 0. The van der Waals surface area contributed by atoms with Crippen molar-refractivity contribution >= 4 is 39.9 Å². The molecule has 0 unspecified atom stereocenters. The fourth-order valence-corrected chi connectivity index (χ4v) is 2.80. The number of carbonyl (C=O) groups excluding carboxylic acids is 1. The molecule has 0 saturated heterocycles. The third-order valence-corrected chi connectivity index (χ3v) is 4.23. The van der Waals surface area contributed by atoms with Crippen molar-refractivity contribution in [3.05, 3.63) is 67.3 Å². The third kappa shape index (κ3) is 2.63. The predicted molar refractivity (Wildman–Crippen MR) is 87.6 cm³/mol. The Kier molecular flexibility index (Phi) is 3.62. The number of nitro benzene ring substituents is 1. The van der Waals surface area contributed by atoms with E-state index in [0.29, 0.717) is 17.8 Å². The van der Waals surface area contributed by atoms with Gasteiger partial charge in [0.05, 0.1) is 10.6 Å². The highest BCUT2D eigenvalue weighted by molar-refractivity contribution is 14.1. The quantitative estimate of drug-likeness (QED) is 0.446. The van der Waals surface area contributed by atoms with Crippen molar-refractivity contribution in [2.45, 2.75) is 6.42 Å². The molecular formula is C15H11IN2O3. The van der Waals surface area contributed by atoms with E-state index in [-0.39, 0.29) is 11.6 Å². The number of nitrogens with zero attached hydrogens (tertiary/aromatic N) is 2. The normalized spacial score (nSPS) is 13.1. The zero-order valence-electron chi connectivity index (χ0n) is 11.0. The van der Waals surface area contributed by atoms with Gasteiger partial charge in [-0.1, -0.05) is 6.07 Å². The van der Waals surface area contributed by atoms with Crippen molar-refractivity contribution in [2.24, 2.45) is 0 Å². The van der Waals surface area contributed by atoms with Gasteiger partial charge in [0.1, 0.15) is 0 Å². The second-order valence-corrected chi connectivity index (χ2v) is 6.03. The number of halogens is 1. The summed E-state index contributed by atoms with van der Waals surface area (Å²) in [6, 6.07) is 12.0. The monoisotopic (exact) mass is 394 g/mol. The van der Waals surface area contributed by atoms with Gasteiger partial charge in [-0.2, -0.15) is 0 Å². The van der Waals surface area contributed by atoms with E-state index in [4.69, 9.17) is 0 Å². The van der Waals surface area contributed by atoms with Crippen LogP contribution in [0.15, 0.2) is 42.5 Å². The number of anilines is 1. The van der Waals surface area contributed by atoms with Gasteiger partial charge in [-0.25, -0.2) is 0 Å². The average molecular weight is 394 g/mol. The predicted octanol–water partition coefficient (Wildman–Crippen LogP) is 3.40. The molecule has 3 rings (SSSR count). The number of benzene rings is 2. The van der Waals surface area contributed by atoms with Crippen LogP contribution in [0.1, 0.15) is 15.9 Å². The number of rotatable bonds is 2. The molecule has 0 N–H and O–H groups in total. The van der Waals surface area contributed by atoms with E-state index in [2.05, 4.69) is 22.6 Å². The van der Waals surface area contributed by atoms with Crippen molar-refractivity contribution in [3.63, 3.8) is 0 Å². The molecular weight excluding hydrogens is 383 g/mol. The van der Waals surface area contributed by atoms with Crippen LogP contribution in [0.5, 0.6) is 0 Å². The maximum absolute atomic E-state index is 12.6. The van der Waals surface area contributed by atoms with Crippen LogP contribution in [-0.4, -0.2) is 17.4 Å². The van der Waals surface area contributed by atoms with Crippen molar-refractivity contribution in [3.8, 4) is 0 Å². The fourth-order valence-electron chi connectivity index (χ4n) is 2.44. The van der Waals surface area contributed by atoms with Gasteiger partial charge in [-0.05, 0) is 58.8 Å². The first-order valence-electron chi connectivity index (χ1n) is 6.41. The standard InChI is InChI=1S/C15H11IN2O3/c16-12-4-1-11(2-5-12)15(19)17-8-7-10-3-6-13(18(20)21)9-14(10)17/h1-6,9H,7-8H2. The molecule has 0 fully saturated rings. The highest BCUT2D eigenvalue weighted by Crippen LogP contribution is 2.32. The summed E-state index contributed by atoms with van der Waals surface area (Å²) in [7, 11) is 0. The second kappa shape index (κ2) is 5.44. The van der Waals surface area contributed by atoms with Crippen LogP contribution in [0.3, 0.4) is 0 Å². The fraction of sp³-hybridized carbons (Fsp3) is 0.133. The van der Waals surface area contributed by atoms with Crippen LogP contribution in [0.4, 0.5) is 11.4 Å². The van der Waals surface area contributed by atoms with E-state index in [9.17, 15) is 14.9 Å². The van der Waals surface area contributed by atoms with Gasteiger partial charge >= 0.3 is 0 Å². The lowest BCUT2D eigenvalue weighted by Crippen LogP contribution is -2.28. The smallest absolute Gasteiger partial charge is 0.271 e. The Morgan fingerprint density at radius 1 is 1.19 bits per heavy atom. The summed E-state index contributed by atoms with van der Waals surface area (Å²) in [6.07, 6.45) is 0.726.